The molecule has 0 aliphatic carbocycles. The van der Waals surface area contributed by atoms with Crippen LogP contribution in [-0.4, -0.2) is 39.8 Å². The zero-order chi connectivity index (χ0) is 19.5. The van der Waals surface area contributed by atoms with Crippen molar-refractivity contribution in [2.45, 2.75) is 65.3 Å². The minimum atomic E-state index is -0.631. The van der Waals surface area contributed by atoms with Crippen LogP contribution >= 0.6 is 0 Å². The number of nitrogens with two attached hydrogens (primary N) is 1. The number of aromatic nitrogens is 2. The number of nitrogen functional groups attached to an aromatic ring is 1. The molecular formula is C18H26BN3O4. The molecule has 2 heterocycles. The molecule has 0 atom stereocenters. The van der Waals surface area contributed by atoms with E-state index in [0.29, 0.717) is 10.9 Å². The van der Waals surface area contributed by atoms with Crippen LogP contribution < -0.4 is 11.2 Å². The first kappa shape index (κ1) is 18.7. The zero-order valence-electron chi connectivity index (χ0n) is 16.4. The van der Waals surface area contributed by atoms with E-state index in [2.05, 4.69) is 5.10 Å². The molecule has 2 aromatic rings. The highest BCUT2D eigenvalue weighted by Crippen LogP contribution is 2.36. The van der Waals surface area contributed by atoms with Crippen molar-refractivity contribution in [2.75, 3.05) is 5.73 Å². The average molecular weight is 359 g/mol. The smallest absolute Gasteiger partial charge is 0.442 e. The number of hydrogen-bond acceptors (Lipinski definition) is 6. The fraction of sp³-hybridized carbons (Fsp3) is 0.556. The van der Waals surface area contributed by atoms with Gasteiger partial charge in [-0.25, -0.2) is 4.79 Å². The molecule has 1 aromatic heterocycles. The largest absolute Gasteiger partial charge is 0.494 e. The zero-order valence-corrected chi connectivity index (χ0v) is 16.4. The normalized spacial score (nSPS) is 19.1. The summed E-state index contributed by atoms with van der Waals surface area (Å²) in [6, 6.07) is 5.51. The number of nitrogens with zero attached hydrogens (tertiary/aromatic N) is 2. The summed E-state index contributed by atoms with van der Waals surface area (Å²) in [5.74, 6) is 0.270. The maximum Gasteiger partial charge on any atom is 0.494 e. The molecule has 0 saturated carbocycles. The summed E-state index contributed by atoms with van der Waals surface area (Å²) in [6.45, 7) is 13.4. The van der Waals surface area contributed by atoms with Gasteiger partial charge in [-0.05, 0) is 66.1 Å². The summed E-state index contributed by atoms with van der Waals surface area (Å²) < 4.78 is 18.8. The Morgan fingerprint density at radius 3 is 2.31 bits per heavy atom. The van der Waals surface area contributed by atoms with Crippen LogP contribution in [0, 0.1) is 0 Å². The Balaban J connectivity index is 2.01. The van der Waals surface area contributed by atoms with E-state index in [-0.39, 0.29) is 5.82 Å². The lowest BCUT2D eigenvalue weighted by molar-refractivity contribution is 0.00578. The molecule has 0 unspecified atom stereocenters. The predicted molar refractivity (Wildman–Crippen MR) is 101 cm³/mol. The molecule has 7 nitrogen and oxygen atoms in total. The van der Waals surface area contributed by atoms with Crippen LogP contribution in [0.25, 0.3) is 10.9 Å². The molecule has 26 heavy (non-hydrogen) atoms. The first-order chi connectivity index (χ1) is 11.8. The summed E-state index contributed by atoms with van der Waals surface area (Å²) in [6.07, 6.45) is -0.578. The monoisotopic (exact) mass is 359 g/mol. The third kappa shape index (κ3) is 3.19. The standard InChI is InChI=1S/C18H26BN3O4/c1-16(2,3)24-15(23)22-13-10-11(8-9-12(13)14(20)21-22)19-25-17(4,5)18(6,7)26-19/h8-10H,1-7H3,(H2,20,21). The van der Waals surface area contributed by atoms with Crippen molar-refractivity contribution in [1.29, 1.82) is 0 Å². The fourth-order valence-corrected chi connectivity index (χ4v) is 2.73. The third-order valence-electron chi connectivity index (χ3n) is 4.83. The van der Waals surface area contributed by atoms with Crippen molar-refractivity contribution in [1.82, 2.24) is 9.78 Å². The maximum atomic E-state index is 12.5. The van der Waals surface area contributed by atoms with Gasteiger partial charge in [-0.1, -0.05) is 6.07 Å². The van der Waals surface area contributed by atoms with E-state index >= 15 is 0 Å². The fourth-order valence-electron chi connectivity index (χ4n) is 2.73. The Morgan fingerprint density at radius 1 is 1.19 bits per heavy atom. The van der Waals surface area contributed by atoms with Crippen LogP contribution in [0.15, 0.2) is 18.2 Å². The van der Waals surface area contributed by atoms with Gasteiger partial charge >= 0.3 is 13.2 Å². The molecule has 3 rings (SSSR count). The number of benzene rings is 1. The van der Waals surface area contributed by atoms with Crippen molar-refractivity contribution >= 4 is 35.4 Å². The van der Waals surface area contributed by atoms with Crippen LogP contribution in [0.1, 0.15) is 48.5 Å². The van der Waals surface area contributed by atoms with Crippen molar-refractivity contribution in [3.05, 3.63) is 18.2 Å². The van der Waals surface area contributed by atoms with Crippen LogP contribution in [-0.2, 0) is 14.0 Å². The van der Waals surface area contributed by atoms with Crippen molar-refractivity contribution in [3.63, 3.8) is 0 Å². The first-order valence-electron chi connectivity index (χ1n) is 8.68. The summed E-state index contributed by atoms with van der Waals surface area (Å²) in [7, 11) is -0.535. The molecule has 1 aliphatic rings. The van der Waals surface area contributed by atoms with Gasteiger partial charge in [-0.3, -0.25) is 0 Å². The van der Waals surface area contributed by atoms with Gasteiger partial charge in [-0.15, -0.1) is 5.10 Å². The molecule has 0 radical (unpaired) electrons. The number of rotatable bonds is 1. The van der Waals surface area contributed by atoms with E-state index in [9.17, 15) is 4.79 Å². The highest BCUT2D eigenvalue weighted by atomic mass is 16.7. The van der Waals surface area contributed by atoms with E-state index in [1.54, 1.807) is 20.8 Å². The van der Waals surface area contributed by atoms with Gasteiger partial charge in [0.25, 0.3) is 0 Å². The molecule has 2 N–H and O–H groups in total. The highest BCUT2D eigenvalue weighted by Gasteiger charge is 2.51. The minimum absolute atomic E-state index is 0.270. The maximum absolute atomic E-state index is 12.5. The van der Waals surface area contributed by atoms with E-state index in [1.165, 1.54) is 4.68 Å². The molecule has 1 aromatic carbocycles. The van der Waals surface area contributed by atoms with Gasteiger partial charge in [0.1, 0.15) is 5.60 Å². The Labute approximate surface area is 153 Å². The number of ether oxygens (including phenoxy) is 1. The van der Waals surface area contributed by atoms with E-state index in [4.69, 9.17) is 19.8 Å². The Morgan fingerprint density at radius 2 is 1.77 bits per heavy atom. The van der Waals surface area contributed by atoms with E-state index in [1.807, 2.05) is 45.9 Å². The second-order valence-electron chi connectivity index (χ2n) is 8.64. The van der Waals surface area contributed by atoms with E-state index in [0.717, 1.165) is 5.46 Å². The number of anilines is 1. The van der Waals surface area contributed by atoms with Gasteiger partial charge in [0.2, 0.25) is 0 Å². The van der Waals surface area contributed by atoms with Gasteiger partial charge in [0, 0.05) is 5.39 Å². The molecule has 140 valence electrons. The molecule has 1 fully saturated rings. The number of carbonyl (C=O) groups is 1. The lowest BCUT2D eigenvalue weighted by Gasteiger charge is -2.32. The van der Waals surface area contributed by atoms with Crippen molar-refractivity contribution in [2.24, 2.45) is 0 Å². The second-order valence-corrected chi connectivity index (χ2v) is 8.64. The van der Waals surface area contributed by atoms with Gasteiger partial charge in [0.15, 0.2) is 5.82 Å². The van der Waals surface area contributed by atoms with E-state index < -0.39 is 30.0 Å². The predicted octanol–water partition coefficient (Wildman–Crippen LogP) is 2.70. The molecule has 0 amide bonds. The molecule has 8 heteroatoms. The molecule has 1 saturated heterocycles. The average Bonchev–Trinajstić information content (AvgIpc) is 2.91. The van der Waals surface area contributed by atoms with Crippen LogP contribution in [0.3, 0.4) is 0 Å². The summed E-state index contributed by atoms with van der Waals surface area (Å²) in [4.78, 5) is 12.5. The number of hydrogen-bond donors (Lipinski definition) is 1. The summed E-state index contributed by atoms with van der Waals surface area (Å²) in [5.41, 5.74) is 5.79. The molecule has 1 aliphatic heterocycles. The summed E-state index contributed by atoms with van der Waals surface area (Å²) >= 11 is 0. The minimum Gasteiger partial charge on any atom is -0.442 e. The molecular weight excluding hydrogens is 333 g/mol. The van der Waals surface area contributed by atoms with Gasteiger partial charge in [0.05, 0.1) is 16.7 Å². The lowest BCUT2D eigenvalue weighted by Crippen LogP contribution is -2.41. The lowest BCUT2D eigenvalue weighted by atomic mass is 9.79. The van der Waals surface area contributed by atoms with Gasteiger partial charge in [-0.2, -0.15) is 4.68 Å². The Kier molecular flexibility index (Phi) is 4.12. The van der Waals surface area contributed by atoms with Crippen LogP contribution in [0.5, 0.6) is 0 Å². The highest BCUT2D eigenvalue weighted by molar-refractivity contribution is 6.62. The molecule has 0 spiro atoms. The molecule has 0 bridgehead atoms. The topological polar surface area (TPSA) is 88.6 Å². The van der Waals surface area contributed by atoms with Crippen molar-refractivity contribution < 1.29 is 18.8 Å². The third-order valence-corrected chi connectivity index (χ3v) is 4.83. The Bertz CT molecular complexity index is 851. The summed E-state index contributed by atoms with van der Waals surface area (Å²) in [5, 5.41) is 4.81. The number of fused-ring (bicyclic) bond motifs is 1. The number of carbonyl (C=O) groups excluding carboxylic acids is 1. The van der Waals surface area contributed by atoms with Crippen LogP contribution in [0.2, 0.25) is 0 Å². The first-order valence-corrected chi connectivity index (χ1v) is 8.68. The van der Waals surface area contributed by atoms with Crippen molar-refractivity contribution in [3.8, 4) is 0 Å². The second kappa shape index (κ2) is 5.72. The van der Waals surface area contributed by atoms with Crippen LogP contribution in [0.4, 0.5) is 10.6 Å². The SMILES string of the molecule is CC(C)(C)OC(=O)n1nc(N)c2ccc(B3OC(C)(C)C(C)(C)O3)cc21. The van der Waals surface area contributed by atoms with Gasteiger partial charge < -0.3 is 19.8 Å². The quantitative estimate of drug-likeness (QED) is 0.788. The Hall–Kier alpha value is -2.06.